The molecule has 0 bridgehead atoms. The minimum absolute atomic E-state index is 0.219. The zero-order chi connectivity index (χ0) is 21.2. The van der Waals surface area contributed by atoms with Crippen LogP contribution in [0.1, 0.15) is 21.5 Å². The highest BCUT2D eigenvalue weighted by Crippen LogP contribution is 2.26. The van der Waals surface area contributed by atoms with Crippen molar-refractivity contribution in [2.75, 3.05) is 0 Å². The van der Waals surface area contributed by atoms with Crippen LogP contribution in [0.3, 0.4) is 0 Å². The number of ether oxygens (including phenoxy) is 1. The second-order valence-electron chi connectivity index (χ2n) is 7.65. The van der Waals surface area contributed by atoms with Crippen molar-refractivity contribution in [1.82, 2.24) is 4.98 Å². The van der Waals surface area contributed by atoms with Gasteiger partial charge in [-0.3, -0.25) is 0 Å². The molecular weight excluding hydrogens is 382 g/mol. The lowest BCUT2D eigenvalue weighted by atomic mass is 10.0. The predicted octanol–water partition coefficient (Wildman–Crippen LogP) is 6.72. The van der Waals surface area contributed by atoms with Gasteiger partial charge in [-0.25, -0.2) is 9.78 Å². The number of aryl methyl sites for hydroxylation is 1. The van der Waals surface area contributed by atoms with Gasteiger partial charge in [-0.05, 0) is 35.4 Å². The van der Waals surface area contributed by atoms with Gasteiger partial charge in [-0.1, -0.05) is 90.5 Å². The van der Waals surface area contributed by atoms with E-state index in [1.54, 1.807) is 0 Å². The molecule has 150 valence electrons. The molecule has 0 saturated heterocycles. The van der Waals surface area contributed by atoms with Crippen LogP contribution >= 0.6 is 0 Å². The molecule has 0 atom stereocenters. The number of para-hydroxylation sites is 1. The maximum Gasteiger partial charge on any atom is 0.339 e. The summed E-state index contributed by atoms with van der Waals surface area (Å²) in [6.07, 6.45) is 0. The Labute approximate surface area is 180 Å². The van der Waals surface area contributed by atoms with Gasteiger partial charge in [-0.2, -0.15) is 0 Å². The molecule has 0 fully saturated rings. The number of hydrogen-bond acceptors (Lipinski definition) is 3. The average Bonchev–Trinajstić information content (AvgIpc) is 2.82. The molecule has 0 aliphatic carbocycles. The number of hydrogen-bond donors (Lipinski definition) is 0. The summed E-state index contributed by atoms with van der Waals surface area (Å²) < 4.78 is 5.77. The number of aromatic nitrogens is 1. The van der Waals surface area contributed by atoms with Gasteiger partial charge < -0.3 is 4.74 Å². The van der Waals surface area contributed by atoms with E-state index < -0.39 is 0 Å². The zero-order valence-corrected chi connectivity index (χ0v) is 17.2. The lowest BCUT2D eigenvalue weighted by molar-refractivity contribution is 0.0476. The topological polar surface area (TPSA) is 39.2 Å². The average molecular weight is 403 g/mol. The van der Waals surface area contributed by atoms with Crippen molar-refractivity contribution in [3.05, 3.63) is 114 Å². The standard InChI is InChI=1S/C28H21NO2/c1-19-13-15-21(16-14-19)27-17-25(24-11-4-5-12-26(24)29-27)28(30)31-18-22-9-6-8-20-7-2-3-10-23(20)22/h2-17H,18H2,1H3. The summed E-state index contributed by atoms with van der Waals surface area (Å²) >= 11 is 0. The van der Waals surface area contributed by atoms with E-state index >= 15 is 0 Å². The summed E-state index contributed by atoms with van der Waals surface area (Å²) in [6.45, 7) is 2.27. The lowest BCUT2D eigenvalue weighted by Crippen LogP contribution is -2.07. The fraction of sp³-hybridized carbons (Fsp3) is 0.0714. The van der Waals surface area contributed by atoms with Crippen LogP contribution in [0.25, 0.3) is 32.9 Å². The van der Waals surface area contributed by atoms with Crippen molar-refractivity contribution in [3.8, 4) is 11.3 Å². The molecule has 0 aliphatic heterocycles. The molecule has 0 unspecified atom stereocenters. The Morgan fingerprint density at radius 1 is 0.806 bits per heavy atom. The van der Waals surface area contributed by atoms with E-state index in [9.17, 15) is 4.79 Å². The maximum absolute atomic E-state index is 13.2. The monoisotopic (exact) mass is 403 g/mol. The van der Waals surface area contributed by atoms with E-state index in [1.165, 1.54) is 5.56 Å². The Hall–Kier alpha value is -3.98. The maximum atomic E-state index is 13.2. The summed E-state index contributed by atoms with van der Waals surface area (Å²) in [4.78, 5) is 17.9. The first-order valence-electron chi connectivity index (χ1n) is 10.3. The normalized spacial score (nSPS) is 11.0. The largest absolute Gasteiger partial charge is 0.457 e. The smallest absolute Gasteiger partial charge is 0.339 e. The molecule has 0 radical (unpaired) electrons. The van der Waals surface area contributed by atoms with Gasteiger partial charge in [0.05, 0.1) is 16.8 Å². The van der Waals surface area contributed by atoms with Crippen LogP contribution in [0, 0.1) is 6.92 Å². The highest BCUT2D eigenvalue weighted by atomic mass is 16.5. The van der Waals surface area contributed by atoms with Crippen LogP contribution < -0.4 is 0 Å². The van der Waals surface area contributed by atoms with Crippen molar-refractivity contribution in [1.29, 1.82) is 0 Å². The van der Waals surface area contributed by atoms with Gasteiger partial charge in [0.15, 0.2) is 0 Å². The van der Waals surface area contributed by atoms with Crippen LogP contribution in [0.15, 0.2) is 97.1 Å². The van der Waals surface area contributed by atoms with Gasteiger partial charge in [0.25, 0.3) is 0 Å². The van der Waals surface area contributed by atoms with Crippen LogP contribution in [0.2, 0.25) is 0 Å². The van der Waals surface area contributed by atoms with E-state index in [1.807, 2.05) is 85.8 Å². The van der Waals surface area contributed by atoms with Crippen molar-refractivity contribution < 1.29 is 9.53 Å². The molecule has 1 aromatic heterocycles. The van der Waals surface area contributed by atoms with Crippen LogP contribution in [0.4, 0.5) is 0 Å². The lowest BCUT2D eigenvalue weighted by Gasteiger charge is -2.11. The molecule has 4 aromatic carbocycles. The SMILES string of the molecule is Cc1ccc(-c2cc(C(=O)OCc3cccc4ccccc34)c3ccccc3n2)cc1. The predicted molar refractivity (Wildman–Crippen MR) is 125 cm³/mol. The Morgan fingerprint density at radius 2 is 1.52 bits per heavy atom. The summed E-state index contributed by atoms with van der Waals surface area (Å²) in [5.74, 6) is -0.347. The minimum atomic E-state index is -0.347. The van der Waals surface area contributed by atoms with E-state index in [4.69, 9.17) is 9.72 Å². The molecule has 0 N–H and O–H groups in total. The van der Waals surface area contributed by atoms with Crippen molar-refractivity contribution in [2.45, 2.75) is 13.5 Å². The first kappa shape index (κ1) is 19.0. The Balaban J connectivity index is 1.51. The van der Waals surface area contributed by atoms with E-state index in [0.717, 1.165) is 38.5 Å². The molecule has 5 rings (SSSR count). The molecule has 31 heavy (non-hydrogen) atoms. The number of carbonyl (C=O) groups is 1. The van der Waals surface area contributed by atoms with Crippen LogP contribution in [-0.4, -0.2) is 11.0 Å². The Bertz CT molecular complexity index is 1400. The Kier molecular flexibility index (Phi) is 4.93. The third kappa shape index (κ3) is 3.78. The van der Waals surface area contributed by atoms with E-state index in [-0.39, 0.29) is 12.6 Å². The number of nitrogens with zero attached hydrogens (tertiary/aromatic N) is 1. The van der Waals surface area contributed by atoms with Crippen molar-refractivity contribution in [3.63, 3.8) is 0 Å². The third-order valence-electron chi connectivity index (χ3n) is 5.52. The van der Waals surface area contributed by atoms with E-state index in [0.29, 0.717) is 5.56 Å². The summed E-state index contributed by atoms with van der Waals surface area (Å²) in [7, 11) is 0. The molecule has 0 amide bonds. The quantitative estimate of drug-likeness (QED) is 0.313. The van der Waals surface area contributed by atoms with Crippen molar-refractivity contribution >= 4 is 27.6 Å². The zero-order valence-electron chi connectivity index (χ0n) is 17.2. The fourth-order valence-electron chi connectivity index (χ4n) is 3.86. The number of rotatable bonds is 4. The van der Waals surface area contributed by atoms with E-state index in [2.05, 4.69) is 18.2 Å². The Morgan fingerprint density at radius 3 is 2.35 bits per heavy atom. The van der Waals surface area contributed by atoms with Crippen LogP contribution in [0.5, 0.6) is 0 Å². The highest BCUT2D eigenvalue weighted by Gasteiger charge is 2.16. The number of carbonyl (C=O) groups excluding carboxylic acids is 1. The molecular formula is C28H21NO2. The molecule has 1 heterocycles. The van der Waals surface area contributed by atoms with Gasteiger partial charge >= 0.3 is 5.97 Å². The second-order valence-corrected chi connectivity index (χ2v) is 7.65. The number of benzene rings is 4. The molecule has 3 heteroatoms. The van der Waals surface area contributed by atoms with Gasteiger partial charge in [-0.15, -0.1) is 0 Å². The summed E-state index contributed by atoms with van der Waals surface area (Å²) in [5.41, 5.74) is 5.21. The fourth-order valence-corrected chi connectivity index (χ4v) is 3.86. The van der Waals surface area contributed by atoms with Crippen LogP contribution in [-0.2, 0) is 11.3 Å². The number of esters is 1. The first-order chi connectivity index (χ1) is 15.2. The molecule has 0 aliphatic rings. The highest BCUT2D eigenvalue weighted by molar-refractivity contribution is 6.04. The van der Waals surface area contributed by atoms with Crippen molar-refractivity contribution in [2.24, 2.45) is 0 Å². The number of fused-ring (bicyclic) bond motifs is 2. The molecule has 0 spiro atoms. The summed E-state index contributed by atoms with van der Waals surface area (Å²) in [6, 6.07) is 31.8. The second kappa shape index (κ2) is 8.04. The summed E-state index contributed by atoms with van der Waals surface area (Å²) in [5, 5.41) is 3.02. The first-order valence-corrected chi connectivity index (χ1v) is 10.3. The van der Waals surface area contributed by atoms with Gasteiger partial charge in [0.2, 0.25) is 0 Å². The van der Waals surface area contributed by atoms with Gasteiger partial charge in [0.1, 0.15) is 6.61 Å². The number of pyridine rings is 1. The molecule has 3 nitrogen and oxygen atoms in total. The molecule has 0 saturated carbocycles. The van der Waals surface area contributed by atoms with Gasteiger partial charge in [0, 0.05) is 10.9 Å². The third-order valence-corrected chi connectivity index (χ3v) is 5.52. The minimum Gasteiger partial charge on any atom is -0.457 e. The molecule has 5 aromatic rings.